The molecule has 1 aliphatic rings. The van der Waals surface area contributed by atoms with Crippen LogP contribution in [-0.2, 0) is 9.53 Å². The average Bonchev–Trinajstić information content (AvgIpc) is 2.41. The number of hydrogen-bond donors (Lipinski definition) is 2. The SMILES string of the molecule is CN(C)CCOCCNC(=O)CCC1CCC(N)CC1. The van der Waals surface area contributed by atoms with E-state index in [1.54, 1.807) is 0 Å². The summed E-state index contributed by atoms with van der Waals surface area (Å²) >= 11 is 0. The Morgan fingerprint density at radius 1 is 1.25 bits per heavy atom. The minimum absolute atomic E-state index is 0.149. The fourth-order valence-electron chi connectivity index (χ4n) is 2.51. The van der Waals surface area contributed by atoms with E-state index in [1.165, 1.54) is 12.8 Å². The molecule has 1 amide bonds. The highest BCUT2D eigenvalue weighted by molar-refractivity contribution is 5.75. The van der Waals surface area contributed by atoms with Gasteiger partial charge >= 0.3 is 0 Å². The number of nitrogens with two attached hydrogens (primary N) is 1. The molecule has 0 bridgehead atoms. The maximum atomic E-state index is 11.7. The maximum Gasteiger partial charge on any atom is 0.220 e. The van der Waals surface area contributed by atoms with Crippen molar-refractivity contribution < 1.29 is 9.53 Å². The maximum absolute atomic E-state index is 11.7. The van der Waals surface area contributed by atoms with Gasteiger partial charge in [-0.2, -0.15) is 0 Å². The van der Waals surface area contributed by atoms with Crippen LogP contribution in [0, 0.1) is 5.92 Å². The first-order valence-electron chi connectivity index (χ1n) is 7.82. The zero-order chi connectivity index (χ0) is 14.8. The van der Waals surface area contributed by atoms with Crippen molar-refractivity contribution >= 4 is 5.91 Å². The molecule has 20 heavy (non-hydrogen) atoms. The molecule has 0 aliphatic heterocycles. The number of carbonyl (C=O) groups is 1. The highest BCUT2D eigenvalue weighted by Crippen LogP contribution is 2.26. The first-order valence-corrected chi connectivity index (χ1v) is 7.82. The Bertz CT molecular complexity index is 264. The predicted molar refractivity (Wildman–Crippen MR) is 81.6 cm³/mol. The van der Waals surface area contributed by atoms with E-state index in [9.17, 15) is 4.79 Å². The van der Waals surface area contributed by atoms with Crippen LogP contribution in [0.5, 0.6) is 0 Å². The molecule has 0 aromatic heterocycles. The van der Waals surface area contributed by atoms with Crippen molar-refractivity contribution in [3.05, 3.63) is 0 Å². The van der Waals surface area contributed by atoms with Crippen LogP contribution in [0.4, 0.5) is 0 Å². The Morgan fingerprint density at radius 2 is 1.95 bits per heavy atom. The van der Waals surface area contributed by atoms with Gasteiger partial charge in [-0.3, -0.25) is 4.79 Å². The number of nitrogens with zero attached hydrogens (tertiary/aromatic N) is 1. The fourth-order valence-corrected chi connectivity index (χ4v) is 2.51. The van der Waals surface area contributed by atoms with E-state index in [-0.39, 0.29) is 5.91 Å². The first kappa shape index (κ1) is 17.4. The number of nitrogens with one attached hydrogen (secondary N) is 1. The molecule has 0 spiro atoms. The predicted octanol–water partition coefficient (Wildman–Crippen LogP) is 0.979. The van der Waals surface area contributed by atoms with Crippen molar-refractivity contribution in [1.82, 2.24) is 10.2 Å². The second-order valence-electron chi connectivity index (χ2n) is 6.09. The Labute approximate surface area is 123 Å². The molecule has 118 valence electrons. The second kappa shape index (κ2) is 10.1. The van der Waals surface area contributed by atoms with E-state index in [0.29, 0.717) is 38.1 Å². The lowest BCUT2D eigenvalue weighted by molar-refractivity contribution is -0.121. The summed E-state index contributed by atoms with van der Waals surface area (Å²) in [4.78, 5) is 13.8. The first-order chi connectivity index (χ1) is 9.58. The van der Waals surface area contributed by atoms with Crippen molar-refractivity contribution in [2.45, 2.75) is 44.6 Å². The molecular weight excluding hydrogens is 254 g/mol. The molecular formula is C15H31N3O2. The number of carbonyl (C=O) groups excluding carboxylic acids is 1. The summed E-state index contributed by atoms with van der Waals surface area (Å²) in [7, 11) is 4.03. The van der Waals surface area contributed by atoms with Crippen LogP contribution in [0.2, 0.25) is 0 Å². The third-order valence-corrected chi connectivity index (χ3v) is 3.92. The molecule has 3 N–H and O–H groups in total. The Kier molecular flexibility index (Phi) is 8.82. The zero-order valence-corrected chi connectivity index (χ0v) is 13.1. The van der Waals surface area contributed by atoms with Crippen molar-refractivity contribution in [1.29, 1.82) is 0 Å². The molecule has 1 aliphatic carbocycles. The normalized spacial score (nSPS) is 23.0. The Hall–Kier alpha value is -0.650. The van der Waals surface area contributed by atoms with Gasteiger partial charge in [-0.25, -0.2) is 0 Å². The minimum Gasteiger partial charge on any atom is -0.378 e. The van der Waals surface area contributed by atoms with Gasteiger partial charge in [-0.15, -0.1) is 0 Å². The summed E-state index contributed by atoms with van der Waals surface area (Å²) in [5.41, 5.74) is 5.88. The molecule has 0 heterocycles. The monoisotopic (exact) mass is 285 g/mol. The summed E-state index contributed by atoms with van der Waals surface area (Å²) in [5.74, 6) is 0.841. The molecule has 0 unspecified atom stereocenters. The summed E-state index contributed by atoms with van der Waals surface area (Å²) < 4.78 is 5.43. The van der Waals surface area contributed by atoms with Gasteiger partial charge in [0.05, 0.1) is 13.2 Å². The van der Waals surface area contributed by atoms with Crippen LogP contribution in [0.25, 0.3) is 0 Å². The van der Waals surface area contributed by atoms with Crippen LogP contribution in [0.1, 0.15) is 38.5 Å². The van der Waals surface area contributed by atoms with Crippen molar-refractivity contribution in [2.24, 2.45) is 11.7 Å². The number of amides is 1. The molecule has 0 saturated heterocycles. The third-order valence-electron chi connectivity index (χ3n) is 3.92. The van der Waals surface area contributed by atoms with Gasteiger partial charge in [0.2, 0.25) is 5.91 Å². The lowest BCUT2D eigenvalue weighted by atomic mass is 9.84. The lowest BCUT2D eigenvalue weighted by Gasteiger charge is -2.25. The van der Waals surface area contributed by atoms with Crippen LogP contribution in [0.3, 0.4) is 0 Å². The molecule has 5 heteroatoms. The zero-order valence-electron chi connectivity index (χ0n) is 13.1. The van der Waals surface area contributed by atoms with E-state index in [0.717, 1.165) is 25.8 Å². The molecule has 1 fully saturated rings. The molecule has 1 saturated carbocycles. The minimum atomic E-state index is 0.149. The average molecular weight is 285 g/mol. The summed E-state index contributed by atoms with van der Waals surface area (Å²) in [6, 6.07) is 0.388. The van der Waals surface area contributed by atoms with Gasteiger partial charge < -0.3 is 20.7 Å². The van der Waals surface area contributed by atoms with Gasteiger partial charge in [0.25, 0.3) is 0 Å². The summed E-state index contributed by atoms with van der Waals surface area (Å²) in [5, 5.41) is 2.92. The fraction of sp³-hybridized carbons (Fsp3) is 0.933. The van der Waals surface area contributed by atoms with Gasteiger partial charge in [0, 0.05) is 25.6 Å². The van der Waals surface area contributed by atoms with Gasteiger partial charge in [-0.1, -0.05) is 0 Å². The summed E-state index contributed by atoms with van der Waals surface area (Å²) in [6.45, 7) is 2.84. The van der Waals surface area contributed by atoms with Crippen LogP contribution >= 0.6 is 0 Å². The quantitative estimate of drug-likeness (QED) is 0.620. The Morgan fingerprint density at radius 3 is 2.60 bits per heavy atom. The second-order valence-corrected chi connectivity index (χ2v) is 6.09. The standard InChI is InChI=1S/C15H31N3O2/c1-18(2)10-12-20-11-9-17-15(19)8-5-13-3-6-14(16)7-4-13/h13-14H,3-12,16H2,1-2H3,(H,17,19). The van der Waals surface area contributed by atoms with Gasteiger partial charge in [-0.05, 0) is 52.1 Å². The van der Waals surface area contributed by atoms with Gasteiger partial charge in [0.15, 0.2) is 0 Å². The Balaban J connectivity index is 1.92. The molecule has 0 aromatic rings. The molecule has 0 aromatic carbocycles. The molecule has 0 radical (unpaired) electrons. The van der Waals surface area contributed by atoms with E-state index < -0.39 is 0 Å². The lowest BCUT2D eigenvalue weighted by Crippen LogP contribution is -2.30. The van der Waals surface area contributed by atoms with E-state index >= 15 is 0 Å². The van der Waals surface area contributed by atoms with Crippen molar-refractivity contribution in [2.75, 3.05) is 40.4 Å². The molecule has 1 rings (SSSR count). The summed E-state index contributed by atoms with van der Waals surface area (Å²) in [6.07, 6.45) is 6.24. The van der Waals surface area contributed by atoms with Crippen LogP contribution < -0.4 is 11.1 Å². The number of rotatable bonds is 9. The van der Waals surface area contributed by atoms with Crippen molar-refractivity contribution in [3.8, 4) is 0 Å². The number of ether oxygens (including phenoxy) is 1. The molecule has 5 nitrogen and oxygen atoms in total. The smallest absolute Gasteiger partial charge is 0.220 e. The number of hydrogen-bond acceptors (Lipinski definition) is 4. The third kappa shape index (κ3) is 8.51. The van der Waals surface area contributed by atoms with Crippen molar-refractivity contribution in [3.63, 3.8) is 0 Å². The largest absolute Gasteiger partial charge is 0.378 e. The highest BCUT2D eigenvalue weighted by atomic mass is 16.5. The topological polar surface area (TPSA) is 67.6 Å². The van der Waals surface area contributed by atoms with E-state index in [1.807, 2.05) is 14.1 Å². The van der Waals surface area contributed by atoms with Crippen LogP contribution in [-0.4, -0.2) is 57.2 Å². The van der Waals surface area contributed by atoms with E-state index in [4.69, 9.17) is 10.5 Å². The van der Waals surface area contributed by atoms with Gasteiger partial charge in [0.1, 0.15) is 0 Å². The highest BCUT2D eigenvalue weighted by Gasteiger charge is 2.18. The molecule has 0 atom stereocenters. The van der Waals surface area contributed by atoms with E-state index in [2.05, 4.69) is 10.2 Å². The number of likely N-dealkylation sites (N-methyl/N-ethyl adjacent to an activating group) is 1. The van der Waals surface area contributed by atoms with Crippen LogP contribution in [0.15, 0.2) is 0 Å².